The van der Waals surface area contributed by atoms with Gasteiger partial charge in [-0.1, -0.05) is 12.1 Å². The maximum Gasteiger partial charge on any atom is 0.319 e. The highest BCUT2D eigenvalue weighted by molar-refractivity contribution is 5.79. The second-order valence-electron chi connectivity index (χ2n) is 4.98. The molecular formula is C16H21F2N5O. The third kappa shape index (κ3) is 4.94. The maximum atomic E-state index is 12.8. The molecule has 0 aliphatic rings. The standard InChI is InChI=1S/C16H21F2N5O/c1-19-16(22-11-14-20-9-10-23(14)15(17)18)21-8-7-12-3-5-13(24-2)6-4-12/h3-6,9-10,15H,7-8,11H2,1-2H3,(H2,19,21,22). The number of halogens is 2. The minimum atomic E-state index is -2.60. The fourth-order valence-electron chi connectivity index (χ4n) is 2.16. The summed E-state index contributed by atoms with van der Waals surface area (Å²) in [5.41, 5.74) is 1.16. The minimum Gasteiger partial charge on any atom is -0.497 e. The Morgan fingerprint density at radius 3 is 2.67 bits per heavy atom. The zero-order valence-corrected chi connectivity index (χ0v) is 13.7. The largest absolute Gasteiger partial charge is 0.497 e. The highest BCUT2D eigenvalue weighted by Crippen LogP contribution is 2.12. The van der Waals surface area contributed by atoms with Gasteiger partial charge in [-0.2, -0.15) is 8.78 Å². The number of aromatic nitrogens is 2. The van der Waals surface area contributed by atoms with Gasteiger partial charge in [0.25, 0.3) is 0 Å². The van der Waals surface area contributed by atoms with Crippen molar-refractivity contribution in [1.29, 1.82) is 0 Å². The zero-order chi connectivity index (χ0) is 17.4. The summed E-state index contributed by atoms with van der Waals surface area (Å²) < 4.78 is 31.4. The van der Waals surface area contributed by atoms with Crippen LogP contribution in [-0.4, -0.2) is 36.2 Å². The van der Waals surface area contributed by atoms with Gasteiger partial charge in [-0.05, 0) is 24.1 Å². The SMILES string of the molecule is CN=C(NCCc1ccc(OC)cc1)NCc1nccn1C(F)F. The Labute approximate surface area is 139 Å². The van der Waals surface area contributed by atoms with Crippen molar-refractivity contribution in [2.45, 2.75) is 19.5 Å². The van der Waals surface area contributed by atoms with Crippen LogP contribution in [0.5, 0.6) is 5.75 Å². The second-order valence-corrected chi connectivity index (χ2v) is 4.98. The fourth-order valence-corrected chi connectivity index (χ4v) is 2.16. The average Bonchev–Trinajstić information content (AvgIpc) is 3.07. The molecule has 130 valence electrons. The van der Waals surface area contributed by atoms with Gasteiger partial charge in [0, 0.05) is 26.0 Å². The molecule has 0 radical (unpaired) electrons. The second kappa shape index (κ2) is 8.85. The van der Waals surface area contributed by atoms with E-state index in [1.807, 2.05) is 24.3 Å². The van der Waals surface area contributed by atoms with Crippen LogP contribution in [0.1, 0.15) is 17.9 Å². The third-order valence-corrected chi connectivity index (χ3v) is 3.46. The van der Waals surface area contributed by atoms with E-state index in [-0.39, 0.29) is 12.4 Å². The van der Waals surface area contributed by atoms with Crippen LogP contribution in [0.4, 0.5) is 8.78 Å². The van der Waals surface area contributed by atoms with Gasteiger partial charge >= 0.3 is 6.55 Å². The molecule has 1 heterocycles. The maximum absolute atomic E-state index is 12.8. The molecule has 0 fully saturated rings. The molecule has 0 aliphatic carbocycles. The van der Waals surface area contributed by atoms with Crippen molar-refractivity contribution in [3.63, 3.8) is 0 Å². The number of aliphatic imine (C=N–C) groups is 1. The molecule has 2 rings (SSSR count). The molecule has 0 atom stereocenters. The van der Waals surface area contributed by atoms with Crippen LogP contribution in [0.3, 0.4) is 0 Å². The van der Waals surface area contributed by atoms with Crippen molar-refractivity contribution in [2.24, 2.45) is 4.99 Å². The molecule has 24 heavy (non-hydrogen) atoms. The van der Waals surface area contributed by atoms with Crippen LogP contribution in [0, 0.1) is 0 Å². The van der Waals surface area contributed by atoms with Crippen LogP contribution in [0.2, 0.25) is 0 Å². The summed E-state index contributed by atoms with van der Waals surface area (Å²) in [7, 11) is 3.26. The van der Waals surface area contributed by atoms with E-state index < -0.39 is 6.55 Å². The molecule has 0 amide bonds. The van der Waals surface area contributed by atoms with Gasteiger partial charge in [-0.3, -0.25) is 9.56 Å². The Hall–Kier alpha value is -2.64. The van der Waals surface area contributed by atoms with Crippen LogP contribution in [0.15, 0.2) is 41.7 Å². The number of hydrogen-bond acceptors (Lipinski definition) is 3. The molecule has 0 unspecified atom stereocenters. The third-order valence-electron chi connectivity index (χ3n) is 3.46. The van der Waals surface area contributed by atoms with Crippen molar-refractivity contribution in [3.05, 3.63) is 48.0 Å². The molecule has 1 aromatic heterocycles. The summed E-state index contributed by atoms with van der Waals surface area (Å²) in [6.45, 7) is -1.77. The Bertz CT molecular complexity index is 655. The average molecular weight is 337 g/mol. The van der Waals surface area contributed by atoms with Gasteiger partial charge in [-0.25, -0.2) is 4.98 Å². The lowest BCUT2D eigenvalue weighted by atomic mass is 10.1. The first kappa shape index (κ1) is 17.7. The summed E-state index contributed by atoms with van der Waals surface area (Å²) in [6, 6.07) is 7.81. The van der Waals surface area contributed by atoms with Crippen molar-refractivity contribution in [3.8, 4) is 5.75 Å². The van der Waals surface area contributed by atoms with E-state index in [2.05, 4.69) is 20.6 Å². The molecule has 6 nitrogen and oxygen atoms in total. The van der Waals surface area contributed by atoms with Crippen molar-refractivity contribution in [2.75, 3.05) is 20.7 Å². The number of nitrogens with zero attached hydrogens (tertiary/aromatic N) is 3. The molecule has 2 aromatic rings. The van der Waals surface area contributed by atoms with Crippen LogP contribution >= 0.6 is 0 Å². The fraction of sp³-hybridized carbons (Fsp3) is 0.375. The van der Waals surface area contributed by atoms with Crippen molar-refractivity contribution < 1.29 is 13.5 Å². The van der Waals surface area contributed by atoms with Gasteiger partial charge in [-0.15, -0.1) is 0 Å². The lowest BCUT2D eigenvalue weighted by Gasteiger charge is -2.12. The first-order valence-electron chi connectivity index (χ1n) is 7.51. The van der Waals surface area contributed by atoms with Crippen LogP contribution < -0.4 is 15.4 Å². The number of imidazole rings is 1. The van der Waals surface area contributed by atoms with Gasteiger partial charge in [0.15, 0.2) is 5.96 Å². The van der Waals surface area contributed by atoms with E-state index in [1.165, 1.54) is 12.4 Å². The molecule has 0 saturated heterocycles. The number of benzene rings is 1. The lowest BCUT2D eigenvalue weighted by Crippen LogP contribution is -2.38. The Morgan fingerprint density at radius 2 is 2.04 bits per heavy atom. The normalized spacial score (nSPS) is 11.6. The van der Waals surface area contributed by atoms with Gasteiger partial charge < -0.3 is 15.4 Å². The van der Waals surface area contributed by atoms with Crippen LogP contribution in [0.25, 0.3) is 0 Å². The number of guanidine groups is 1. The molecule has 2 N–H and O–H groups in total. The smallest absolute Gasteiger partial charge is 0.319 e. The van der Waals surface area contributed by atoms with E-state index in [4.69, 9.17) is 4.74 Å². The Kier molecular flexibility index (Phi) is 6.53. The van der Waals surface area contributed by atoms with E-state index in [0.29, 0.717) is 12.5 Å². The number of hydrogen-bond donors (Lipinski definition) is 2. The first-order chi connectivity index (χ1) is 11.6. The molecule has 0 spiro atoms. The Morgan fingerprint density at radius 1 is 1.29 bits per heavy atom. The highest BCUT2D eigenvalue weighted by atomic mass is 19.3. The van der Waals surface area contributed by atoms with E-state index in [9.17, 15) is 8.78 Å². The highest BCUT2D eigenvalue weighted by Gasteiger charge is 2.11. The van der Waals surface area contributed by atoms with Crippen molar-refractivity contribution in [1.82, 2.24) is 20.2 Å². The zero-order valence-electron chi connectivity index (χ0n) is 13.7. The number of alkyl halides is 2. The van der Waals surface area contributed by atoms with E-state index in [1.54, 1.807) is 14.2 Å². The Balaban J connectivity index is 1.78. The summed E-state index contributed by atoms with van der Waals surface area (Å²) in [6.07, 6.45) is 3.40. The quantitative estimate of drug-likeness (QED) is 0.601. The molecular weight excluding hydrogens is 316 g/mol. The van der Waals surface area contributed by atoms with Crippen LogP contribution in [-0.2, 0) is 13.0 Å². The predicted octanol–water partition coefficient (Wildman–Crippen LogP) is 2.19. The summed E-state index contributed by atoms with van der Waals surface area (Å²) >= 11 is 0. The summed E-state index contributed by atoms with van der Waals surface area (Å²) in [5.74, 6) is 1.61. The number of nitrogens with one attached hydrogen (secondary N) is 2. The van der Waals surface area contributed by atoms with Gasteiger partial charge in [0.1, 0.15) is 11.6 Å². The van der Waals surface area contributed by atoms with Crippen molar-refractivity contribution >= 4 is 5.96 Å². The first-order valence-corrected chi connectivity index (χ1v) is 7.51. The molecule has 0 saturated carbocycles. The molecule has 0 bridgehead atoms. The monoisotopic (exact) mass is 337 g/mol. The molecule has 1 aromatic carbocycles. The topological polar surface area (TPSA) is 63.5 Å². The predicted molar refractivity (Wildman–Crippen MR) is 88.4 cm³/mol. The number of rotatable bonds is 7. The van der Waals surface area contributed by atoms with Gasteiger partial charge in [0.05, 0.1) is 13.7 Å². The molecule has 0 aliphatic heterocycles. The van der Waals surface area contributed by atoms with Gasteiger partial charge in [0.2, 0.25) is 0 Å². The lowest BCUT2D eigenvalue weighted by molar-refractivity contribution is 0.0668. The van der Waals surface area contributed by atoms with E-state index in [0.717, 1.165) is 22.3 Å². The number of methoxy groups -OCH3 is 1. The molecule has 8 heteroatoms. The number of ether oxygens (including phenoxy) is 1. The summed E-state index contributed by atoms with van der Waals surface area (Å²) in [4.78, 5) is 7.98. The minimum absolute atomic E-state index is 0.166. The van der Waals surface area contributed by atoms with E-state index >= 15 is 0 Å². The summed E-state index contributed by atoms with van der Waals surface area (Å²) in [5, 5.41) is 6.11.